The number of hydrogen-bond acceptors (Lipinski definition) is 5. The van der Waals surface area contributed by atoms with Crippen LogP contribution in [0.4, 0.5) is 13.2 Å². The minimum Gasteiger partial charge on any atom is -0.374 e. The summed E-state index contributed by atoms with van der Waals surface area (Å²) < 4.78 is 45.6. The van der Waals surface area contributed by atoms with Crippen molar-refractivity contribution < 1.29 is 17.9 Å². The van der Waals surface area contributed by atoms with Crippen LogP contribution in [0.2, 0.25) is 0 Å². The highest BCUT2D eigenvalue weighted by Gasteiger charge is 2.32. The molecule has 0 fully saturated rings. The van der Waals surface area contributed by atoms with Gasteiger partial charge in [-0.3, -0.25) is 0 Å². The first kappa shape index (κ1) is 21.4. The minimum absolute atomic E-state index is 0.399. The van der Waals surface area contributed by atoms with Crippen molar-refractivity contribution in [2.75, 3.05) is 27.2 Å². The molecule has 1 aliphatic rings. The summed E-state index contributed by atoms with van der Waals surface area (Å²) in [5, 5.41) is 0.831. The largest absolute Gasteiger partial charge is 0.416 e. The van der Waals surface area contributed by atoms with Crippen molar-refractivity contribution >= 4 is 23.1 Å². The van der Waals surface area contributed by atoms with E-state index in [1.54, 1.807) is 11.3 Å². The zero-order valence-corrected chi connectivity index (χ0v) is 18.3. The molecule has 3 aromatic rings. The van der Waals surface area contributed by atoms with E-state index in [9.17, 15) is 13.2 Å². The van der Waals surface area contributed by atoms with Crippen molar-refractivity contribution in [3.05, 3.63) is 53.0 Å². The quantitative estimate of drug-likeness (QED) is 0.316. The molecular formula is C22H21F3N2OS2. The summed E-state index contributed by atoms with van der Waals surface area (Å²) in [5.74, 6) is 0. The van der Waals surface area contributed by atoms with E-state index in [1.165, 1.54) is 23.9 Å². The molecule has 0 radical (unpaired) electrons. The van der Waals surface area contributed by atoms with Crippen molar-refractivity contribution in [3.63, 3.8) is 0 Å². The second kappa shape index (κ2) is 8.70. The number of thiazole rings is 1. The molecule has 1 aliphatic heterocycles. The number of nitrogens with zero attached hydrogens (tertiary/aromatic N) is 2. The summed E-state index contributed by atoms with van der Waals surface area (Å²) in [6.07, 6.45) is -3.45. The number of fused-ring (bicyclic) bond motifs is 5. The van der Waals surface area contributed by atoms with Gasteiger partial charge < -0.3 is 9.64 Å². The summed E-state index contributed by atoms with van der Waals surface area (Å²) >= 11 is 2.91. The van der Waals surface area contributed by atoms with E-state index in [-0.39, 0.29) is 0 Å². The second-order valence-electron chi connectivity index (χ2n) is 7.30. The molecule has 0 aliphatic carbocycles. The fraction of sp³-hybridized carbons (Fsp3) is 0.318. The molecule has 0 atom stereocenters. The molecule has 4 rings (SSSR count). The van der Waals surface area contributed by atoms with E-state index in [4.69, 9.17) is 9.72 Å². The molecule has 3 nitrogen and oxygen atoms in total. The summed E-state index contributed by atoms with van der Waals surface area (Å²) in [6, 6.07) is 11.7. The third-order valence-corrected chi connectivity index (χ3v) is 6.90. The van der Waals surface area contributed by atoms with Crippen molar-refractivity contribution in [2.45, 2.75) is 29.0 Å². The molecule has 0 saturated carbocycles. The molecule has 1 aromatic heterocycles. The van der Waals surface area contributed by atoms with Gasteiger partial charge in [-0.1, -0.05) is 36.0 Å². The Hall–Kier alpha value is -1.87. The van der Waals surface area contributed by atoms with Crippen molar-refractivity contribution in [1.82, 2.24) is 9.88 Å². The van der Waals surface area contributed by atoms with E-state index in [0.717, 1.165) is 50.6 Å². The molecule has 8 heteroatoms. The topological polar surface area (TPSA) is 25.4 Å². The lowest BCUT2D eigenvalue weighted by atomic mass is 10.0. The number of ether oxygens (including phenoxy) is 1. The first-order valence-electron chi connectivity index (χ1n) is 9.54. The fourth-order valence-corrected chi connectivity index (χ4v) is 5.52. The predicted molar refractivity (Wildman–Crippen MR) is 115 cm³/mol. The molecule has 0 saturated heterocycles. The molecule has 2 heterocycles. The average molecular weight is 451 g/mol. The first-order chi connectivity index (χ1) is 14.3. The molecular weight excluding hydrogens is 429 g/mol. The number of aromatic nitrogens is 1. The van der Waals surface area contributed by atoms with Gasteiger partial charge in [0, 0.05) is 27.5 Å². The van der Waals surface area contributed by atoms with Gasteiger partial charge in [-0.05, 0) is 45.3 Å². The van der Waals surface area contributed by atoms with E-state index < -0.39 is 11.7 Å². The third kappa shape index (κ3) is 4.56. The van der Waals surface area contributed by atoms with Gasteiger partial charge in [-0.15, -0.1) is 11.3 Å². The lowest BCUT2D eigenvalue weighted by Crippen LogP contribution is -2.14. The monoisotopic (exact) mass is 450 g/mol. The van der Waals surface area contributed by atoms with Gasteiger partial charge in [-0.25, -0.2) is 4.98 Å². The van der Waals surface area contributed by atoms with Crippen LogP contribution in [0.25, 0.3) is 21.7 Å². The van der Waals surface area contributed by atoms with E-state index >= 15 is 0 Å². The standard InChI is InChI=1S/C22H21F3N2OS2/c1-27(2)10-5-11-28-13-19-26-20-15-9-8-14(22(23,24)25)12-18(15)29-17-7-4-3-6-16(17)21(20)30-19/h3-4,6-9,12H,5,10-11,13H2,1-2H3. The SMILES string of the molecule is CN(C)CCCOCc1nc2c(s1)-c1ccccc1Sc1cc(C(F)(F)F)ccc1-2. The molecule has 0 N–H and O–H groups in total. The van der Waals surface area contributed by atoms with Crippen molar-refractivity contribution in [1.29, 1.82) is 0 Å². The molecule has 2 aromatic carbocycles. The van der Waals surface area contributed by atoms with E-state index in [1.807, 2.05) is 38.4 Å². The molecule has 0 unspecified atom stereocenters. The van der Waals surface area contributed by atoms with Crippen LogP contribution in [-0.2, 0) is 17.5 Å². The highest BCUT2D eigenvalue weighted by Crippen LogP contribution is 2.50. The summed E-state index contributed by atoms with van der Waals surface area (Å²) in [7, 11) is 4.05. The second-order valence-corrected chi connectivity index (χ2v) is 9.47. The number of rotatable bonds is 6. The zero-order valence-electron chi connectivity index (χ0n) is 16.6. The Kier molecular flexibility index (Phi) is 6.20. The maximum atomic E-state index is 13.3. The van der Waals surface area contributed by atoms with Gasteiger partial charge in [0.1, 0.15) is 5.01 Å². The Balaban J connectivity index is 1.68. The van der Waals surface area contributed by atoms with Crippen LogP contribution in [0.1, 0.15) is 17.0 Å². The Bertz CT molecular complexity index is 1050. The first-order valence-corrected chi connectivity index (χ1v) is 11.2. The van der Waals surface area contributed by atoms with Crippen molar-refractivity contribution in [3.8, 4) is 21.7 Å². The number of benzene rings is 2. The van der Waals surface area contributed by atoms with Crippen LogP contribution in [0.3, 0.4) is 0 Å². The van der Waals surface area contributed by atoms with Crippen LogP contribution >= 0.6 is 23.1 Å². The van der Waals surface area contributed by atoms with Crippen LogP contribution in [0.15, 0.2) is 52.3 Å². The Morgan fingerprint density at radius 1 is 1.03 bits per heavy atom. The van der Waals surface area contributed by atoms with Gasteiger partial charge in [0.15, 0.2) is 0 Å². The number of halogens is 3. The smallest absolute Gasteiger partial charge is 0.374 e. The third-order valence-electron chi connectivity index (χ3n) is 4.71. The van der Waals surface area contributed by atoms with Crippen LogP contribution in [0, 0.1) is 0 Å². The summed E-state index contributed by atoms with van der Waals surface area (Å²) in [4.78, 5) is 9.35. The Labute approximate surface area is 181 Å². The Morgan fingerprint density at radius 3 is 2.60 bits per heavy atom. The van der Waals surface area contributed by atoms with Crippen molar-refractivity contribution in [2.24, 2.45) is 0 Å². The Morgan fingerprint density at radius 2 is 1.83 bits per heavy atom. The predicted octanol–water partition coefficient (Wildman–Crippen LogP) is 6.43. The van der Waals surface area contributed by atoms with Crippen LogP contribution < -0.4 is 0 Å². The maximum absolute atomic E-state index is 13.3. The summed E-state index contributed by atoms with van der Waals surface area (Å²) in [6.45, 7) is 1.99. The van der Waals surface area contributed by atoms with E-state index in [0.29, 0.717) is 18.1 Å². The highest BCUT2D eigenvalue weighted by atomic mass is 32.2. The van der Waals surface area contributed by atoms with Gasteiger partial charge in [0.25, 0.3) is 0 Å². The number of hydrogen-bond donors (Lipinski definition) is 0. The van der Waals surface area contributed by atoms with Crippen LogP contribution in [0.5, 0.6) is 0 Å². The summed E-state index contributed by atoms with van der Waals surface area (Å²) in [5.41, 5.74) is 1.82. The highest BCUT2D eigenvalue weighted by molar-refractivity contribution is 7.99. The molecule has 0 spiro atoms. The molecule has 158 valence electrons. The minimum atomic E-state index is -4.38. The lowest BCUT2D eigenvalue weighted by molar-refractivity contribution is -0.137. The maximum Gasteiger partial charge on any atom is 0.416 e. The van der Waals surface area contributed by atoms with Gasteiger partial charge >= 0.3 is 6.18 Å². The normalized spacial score (nSPS) is 13.0. The molecule has 0 bridgehead atoms. The zero-order chi connectivity index (χ0) is 21.3. The van der Waals surface area contributed by atoms with Gasteiger partial charge in [-0.2, -0.15) is 13.2 Å². The fourth-order valence-electron chi connectivity index (χ4n) is 3.27. The van der Waals surface area contributed by atoms with E-state index in [2.05, 4.69) is 4.90 Å². The molecule has 30 heavy (non-hydrogen) atoms. The lowest BCUT2D eigenvalue weighted by Gasteiger charge is -2.11. The molecule has 0 amide bonds. The number of alkyl halides is 3. The van der Waals surface area contributed by atoms with Gasteiger partial charge in [0.05, 0.1) is 22.7 Å². The average Bonchev–Trinajstić information content (AvgIpc) is 3.06. The van der Waals surface area contributed by atoms with Gasteiger partial charge in [0.2, 0.25) is 0 Å². The van der Waals surface area contributed by atoms with Crippen LogP contribution in [-0.4, -0.2) is 37.1 Å².